The van der Waals surface area contributed by atoms with Gasteiger partial charge >= 0.3 is 0 Å². The smallest absolute Gasteiger partial charge is 0.242 e. The molecule has 104 valence electrons. The van der Waals surface area contributed by atoms with Crippen LogP contribution in [-0.4, -0.2) is 12.5 Å². The zero-order chi connectivity index (χ0) is 14.0. The number of primary amides is 1. The predicted octanol–water partition coefficient (Wildman–Crippen LogP) is 2.00. The largest absolute Gasteiger partial charge is 0.493 e. The monoisotopic (exact) mass is 288 g/mol. The highest BCUT2D eigenvalue weighted by Gasteiger charge is 2.42. The number of carbonyl (C=O) groups is 1. The lowest BCUT2D eigenvalue weighted by Crippen LogP contribution is -2.54. The highest BCUT2D eigenvalue weighted by atomic mass is 32.1. The van der Waals surface area contributed by atoms with Gasteiger partial charge in [0.1, 0.15) is 11.3 Å². The third kappa shape index (κ3) is 2.19. The van der Waals surface area contributed by atoms with Crippen molar-refractivity contribution in [1.29, 1.82) is 0 Å². The van der Waals surface area contributed by atoms with Gasteiger partial charge in [-0.25, -0.2) is 0 Å². The molecule has 0 radical (unpaired) electrons. The summed E-state index contributed by atoms with van der Waals surface area (Å²) in [5.74, 6) is 0.376. The molecule has 0 spiro atoms. The molecule has 4 nitrogen and oxygen atoms in total. The summed E-state index contributed by atoms with van der Waals surface area (Å²) in [6, 6.07) is 11.6. The zero-order valence-electron chi connectivity index (χ0n) is 11.0. The number of thiophene rings is 1. The first-order valence-electron chi connectivity index (χ1n) is 6.52. The van der Waals surface area contributed by atoms with Crippen LogP contribution in [0.2, 0.25) is 0 Å². The van der Waals surface area contributed by atoms with Crippen molar-refractivity contribution in [2.75, 3.05) is 6.61 Å². The van der Waals surface area contributed by atoms with E-state index in [2.05, 4.69) is 5.32 Å². The maximum atomic E-state index is 12.1. The van der Waals surface area contributed by atoms with Gasteiger partial charge in [0.2, 0.25) is 5.91 Å². The van der Waals surface area contributed by atoms with Crippen LogP contribution >= 0.6 is 11.3 Å². The van der Waals surface area contributed by atoms with Crippen molar-refractivity contribution in [3.8, 4) is 5.75 Å². The van der Waals surface area contributed by atoms with Crippen molar-refractivity contribution in [2.45, 2.75) is 18.5 Å². The first kappa shape index (κ1) is 13.1. The van der Waals surface area contributed by atoms with Gasteiger partial charge in [-0.1, -0.05) is 24.3 Å². The number of nitrogens with two attached hydrogens (primary N) is 1. The molecular weight excluding hydrogens is 272 g/mol. The molecule has 1 unspecified atom stereocenters. The Balaban J connectivity index is 1.95. The first-order valence-corrected chi connectivity index (χ1v) is 7.40. The number of nitrogens with one attached hydrogen (secondary N) is 1. The van der Waals surface area contributed by atoms with E-state index in [1.165, 1.54) is 4.88 Å². The van der Waals surface area contributed by atoms with Crippen LogP contribution in [-0.2, 0) is 16.9 Å². The molecule has 20 heavy (non-hydrogen) atoms. The summed E-state index contributed by atoms with van der Waals surface area (Å²) < 4.78 is 5.62. The Morgan fingerprint density at radius 2 is 2.20 bits per heavy atom. The maximum absolute atomic E-state index is 12.1. The minimum absolute atomic E-state index is 0.357. The fraction of sp³-hybridized carbons (Fsp3) is 0.267. The number of fused-ring (bicyclic) bond motifs is 1. The second-order valence-electron chi connectivity index (χ2n) is 4.80. The lowest BCUT2D eigenvalue weighted by molar-refractivity contribution is -0.126. The molecular formula is C15H16N2O2S. The predicted molar refractivity (Wildman–Crippen MR) is 78.6 cm³/mol. The van der Waals surface area contributed by atoms with Gasteiger partial charge in [0.05, 0.1) is 6.61 Å². The SMILES string of the molecule is NC(=O)C1(NCc2cccs2)CCOc2ccccc21. The van der Waals surface area contributed by atoms with Crippen LogP contribution in [0.5, 0.6) is 5.75 Å². The molecule has 3 rings (SSSR count). The van der Waals surface area contributed by atoms with E-state index in [9.17, 15) is 4.79 Å². The standard InChI is InChI=1S/C15H16N2O2S/c16-14(18)15(17-10-11-4-3-9-20-11)7-8-19-13-6-2-1-5-12(13)15/h1-6,9,17H,7-8,10H2,(H2,16,18). The van der Waals surface area contributed by atoms with Crippen LogP contribution in [0.1, 0.15) is 16.9 Å². The van der Waals surface area contributed by atoms with Crippen LogP contribution in [0.3, 0.4) is 0 Å². The molecule has 1 aliphatic rings. The lowest BCUT2D eigenvalue weighted by Gasteiger charge is -2.37. The number of benzene rings is 1. The lowest BCUT2D eigenvalue weighted by atomic mass is 9.83. The molecule has 1 aromatic heterocycles. The number of rotatable bonds is 4. The molecule has 1 atom stereocenters. The van der Waals surface area contributed by atoms with Crippen molar-refractivity contribution >= 4 is 17.2 Å². The number of hydrogen-bond donors (Lipinski definition) is 2. The van der Waals surface area contributed by atoms with E-state index < -0.39 is 5.54 Å². The molecule has 1 amide bonds. The van der Waals surface area contributed by atoms with E-state index in [4.69, 9.17) is 10.5 Å². The number of hydrogen-bond acceptors (Lipinski definition) is 4. The molecule has 0 saturated carbocycles. The van der Waals surface area contributed by atoms with E-state index in [-0.39, 0.29) is 5.91 Å². The Bertz CT molecular complexity index is 612. The van der Waals surface area contributed by atoms with Crippen molar-refractivity contribution in [2.24, 2.45) is 5.73 Å². The quantitative estimate of drug-likeness (QED) is 0.904. The second kappa shape index (κ2) is 5.26. The summed E-state index contributed by atoms with van der Waals surface area (Å²) in [7, 11) is 0. The Kier molecular flexibility index (Phi) is 3.46. The molecule has 0 bridgehead atoms. The summed E-state index contributed by atoms with van der Waals surface area (Å²) >= 11 is 1.66. The third-order valence-electron chi connectivity index (χ3n) is 3.65. The first-order chi connectivity index (χ1) is 9.72. The molecule has 2 aromatic rings. The Morgan fingerprint density at radius 3 is 2.95 bits per heavy atom. The van der Waals surface area contributed by atoms with Crippen molar-refractivity contribution in [1.82, 2.24) is 5.32 Å². The van der Waals surface area contributed by atoms with Gasteiger partial charge in [-0.3, -0.25) is 10.1 Å². The number of ether oxygens (including phenoxy) is 1. The van der Waals surface area contributed by atoms with E-state index in [0.29, 0.717) is 19.6 Å². The molecule has 0 fully saturated rings. The summed E-state index contributed by atoms with van der Waals surface area (Å²) in [6.07, 6.45) is 0.546. The van der Waals surface area contributed by atoms with Crippen molar-refractivity contribution in [3.63, 3.8) is 0 Å². The highest BCUT2D eigenvalue weighted by molar-refractivity contribution is 7.09. The van der Waals surface area contributed by atoms with Crippen molar-refractivity contribution in [3.05, 3.63) is 52.2 Å². The molecule has 3 N–H and O–H groups in total. The Hall–Kier alpha value is -1.85. The molecule has 5 heteroatoms. The van der Waals surface area contributed by atoms with Gasteiger partial charge in [-0.05, 0) is 17.5 Å². The minimum atomic E-state index is -0.848. The van der Waals surface area contributed by atoms with Gasteiger partial charge in [-0.15, -0.1) is 11.3 Å². The van der Waals surface area contributed by atoms with Crippen LogP contribution in [0.15, 0.2) is 41.8 Å². The van der Waals surface area contributed by atoms with Crippen molar-refractivity contribution < 1.29 is 9.53 Å². The van der Waals surface area contributed by atoms with E-state index in [0.717, 1.165) is 11.3 Å². The minimum Gasteiger partial charge on any atom is -0.493 e. The Morgan fingerprint density at radius 1 is 1.35 bits per heavy atom. The number of amides is 1. The van der Waals surface area contributed by atoms with Gasteiger partial charge < -0.3 is 10.5 Å². The average Bonchev–Trinajstić information content (AvgIpc) is 2.98. The normalized spacial score (nSPS) is 21.0. The summed E-state index contributed by atoms with van der Waals surface area (Å²) in [5, 5.41) is 5.37. The summed E-state index contributed by atoms with van der Waals surface area (Å²) in [4.78, 5) is 13.3. The van der Waals surface area contributed by atoms with Crippen LogP contribution in [0.25, 0.3) is 0 Å². The van der Waals surface area contributed by atoms with Gasteiger partial charge in [0.15, 0.2) is 0 Å². The fourth-order valence-electron chi connectivity index (χ4n) is 2.57. The number of para-hydroxylation sites is 1. The molecule has 2 heterocycles. The topological polar surface area (TPSA) is 64.4 Å². The molecule has 0 aliphatic carbocycles. The highest BCUT2D eigenvalue weighted by Crippen LogP contribution is 2.37. The molecule has 1 aliphatic heterocycles. The average molecular weight is 288 g/mol. The summed E-state index contributed by atoms with van der Waals surface area (Å²) in [5.41, 5.74) is 5.68. The second-order valence-corrected chi connectivity index (χ2v) is 5.83. The van der Waals surface area contributed by atoms with Crippen LogP contribution < -0.4 is 15.8 Å². The van der Waals surface area contributed by atoms with E-state index >= 15 is 0 Å². The van der Waals surface area contributed by atoms with E-state index in [1.54, 1.807) is 11.3 Å². The maximum Gasteiger partial charge on any atom is 0.242 e. The third-order valence-corrected chi connectivity index (χ3v) is 4.52. The molecule has 0 saturated heterocycles. The van der Waals surface area contributed by atoms with Gasteiger partial charge in [0.25, 0.3) is 0 Å². The summed E-state index contributed by atoms with van der Waals surface area (Å²) in [6.45, 7) is 1.10. The molecule has 1 aromatic carbocycles. The van der Waals surface area contributed by atoms with E-state index in [1.807, 2.05) is 41.8 Å². The van der Waals surface area contributed by atoms with Crippen LogP contribution in [0, 0.1) is 0 Å². The zero-order valence-corrected chi connectivity index (χ0v) is 11.8. The van der Waals surface area contributed by atoms with Crippen LogP contribution in [0.4, 0.5) is 0 Å². The number of carbonyl (C=O) groups excluding carboxylic acids is 1. The van der Waals surface area contributed by atoms with Gasteiger partial charge in [0, 0.05) is 23.4 Å². The fourth-order valence-corrected chi connectivity index (χ4v) is 3.22. The Labute approximate surface area is 121 Å². The van der Waals surface area contributed by atoms with Gasteiger partial charge in [-0.2, -0.15) is 0 Å².